The van der Waals surface area contributed by atoms with E-state index in [2.05, 4.69) is 34.6 Å². The maximum absolute atomic E-state index is 2.33. The molecule has 0 aromatic heterocycles. The Labute approximate surface area is 78.1 Å². The molecule has 0 aromatic rings. The van der Waals surface area contributed by atoms with Crippen molar-refractivity contribution in [2.75, 3.05) is 0 Å². The molecule has 72 valence electrons. The van der Waals surface area contributed by atoms with E-state index in [1.54, 1.807) is 11.1 Å². The van der Waals surface area contributed by atoms with Gasteiger partial charge < -0.3 is 0 Å². The van der Waals surface area contributed by atoms with Gasteiger partial charge in [0.05, 0.1) is 0 Å². The molecule has 0 amide bonds. The van der Waals surface area contributed by atoms with Crippen molar-refractivity contribution in [2.24, 2.45) is 5.92 Å². The molecule has 0 aliphatic carbocycles. The fourth-order valence-electron chi connectivity index (χ4n) is 1.61. The lowest BCUT2D eigenvalue weighted by atomic mass is 9.92. The maximum Gasteiger partial charge on any atom is -0.0234 e. The molecule has 0 aromatic carbocycles. The van der Waals surface area contributed by atoms with Gasteiger partial charge in [0, 0.05) is 0 Å². The number of rotatable bonds is 5. The predicted molar refractivity (Wildman–Crippen MR) is 57.4 cm³/mol. The highest BCUT2D eigenvalue weighted by Crippen LogP contribution is 2.22. The Morgan fingerprint density at radius 3 is 2.08 bits per heavy atom. The molecule has 1 atom stereocenters. The quantitative estimate of drug-likeness (QED) is 0.528. The highest BCUT2D eigenvalue weighted by Gasteiger charge is 2.05. The molecular weight excluding hydrogens is 144 g/mol. The Morgan fingerprint density at radius 2 is 1.75 bits per heavy atom. The number of allylic oxidation sites excluding steroid dienone is 2. The van der Waals surface area contributed by atoms with E-state index in [4.69, 9.17) is 0 Å². The summed E-state index contributed by atoms with van der Waals surface area (Å²) in [6.45, 7) is 11.5. The van der Waals surface area contributed by atoms with Gasteiger partial charge in [-0.15, -0.1) is 0 Å². The van der Waals surface area contributed by atoms with Crippen LogP contribution in [0.4, 0.5) is 0 Å². The predicted octanol–water partition coefficient (Wildman–Crippen LogP) is 4.56. The van der Waals surface area contributed by atoms with Crippen molar-refractivity contribution in [2.45, 2.75) is 60.3 Å². The number of hydrogen-bond donors (Lipinski definition) is 0. The summed E-state index contributed by atoms with van der Waals surface area (Å²) < 4.78 is 0. The van der Waals surface area contributed by atoms with Crippen LogP contribution in [0.3, 0.4) is 0 Å². The fraction of sp³-hybridized carbons (Fsp3) is 0.833. The highest BCUT2D eigenvalue weighted by atomic mass is 14.1. The third-order valence-electron chi connectivity index (χ3n) is 2.89. The van der Waals surface area contributed by atoms with Crippen molar-refractivity contribution in [3.63, 3.8) is 0 Å². The molecule has 0 spiro atoms. The van der Waals surface area contributed by atoms with Gasteiger partial charge >= 0.3 is 0 Å². The molecule has 0 nitrogen and oxygen atoms in total. The summed E-state index contributed by atoms with van der Waals surface area (Å²) in [6.07, 6.45) is 5.10. The second kappa shape index (κ2) is 6.28. The molecule has 0 bridgehead atoms. The molecule has 0 aliphatic rings. The lowest BCUT2D eigenvalue weighted by Gasteiger charge is -2.15. The minimum atomic E-state index is 0.784. The molecule has 0 rings (SSSR count). The zero-order chi connectivity index (χ0) is 9.56. The Kier molecular flexibility index (Phi) is 6.14. The first-order chi connectivity index (χ1) is 5.67. The van der Waals surface area contributed by atoms with Gasteiger partial charge in [0.25, 0.3) is 0 Å². The van der Waals surface area contributed by atoms with E-state index in [9.17, 15) is 0 Å². The maximum atomic E-state index is 2.33. The van der Waals surface area contributed by atoms with Crippen LogP contribution in [-0.2, 0) is 0 Å². The molecule has 0 aliphatic heterocycles. The molecule has 1 unspecified atom stereocenters. The summed E-state index contributed by atoms with van der Waals surface area (Å²) in [5, 5.41) is 0. The van der Waals surface area contributed by atoms with Gasteiger partial charge in [0.2, 0.25) is 0 Å². The molecule has 0 heteroatoms. The van der Waals surface area contributed by atoms with Crippen LogP contribution in [0.5, 0.6) is 0 Å². The van der Waals surface area contributed by atoms with Gasteiger partial charge in [0.15, 0.2) is 0 Å². The van der Waals surface area contributed by atoms with Crippen LogP contribution in [0.25, 0.3) is 0 Å². The topological polar surface area (TPSA) is 0 Å². The van der Waals surface area contributed by atoms with E-state index in [-0.39, 0.29) is 0 Å². The minimum Gasteiger partial charge on any atom is -0.0713 e. The molecule has 12 heavy (non-hydrogen) atoms. The van der Waals surface area contributed by atoms with E-state index >= 15 is 0 Å². The van der Waals surface area contributed by atoms with Crippen LogP contribution in [-0.4, -0.2) is 0 Å². The average Bonchev–Trinajstić information content (AvgIpc) is 2.11. The Balaban J connectivity index is 4.35. The third kappa shape index (κ3) is 3.42. The standard InChI is InChI=1S/C12H24/c1-6-9-12(8-3)11(5)10(4)7-2/h10H,6-9H2,1-5H3. The molecule has 0 N–H and O–H groups in total. The summed E-state index contributed by atoms with van der Waals surface area (Å²) in [5.41, 5.74) is 3.33. The van der Waals surface area contributed by atoms with Gasteiger partial charge in [-0.2, -0.15) is 0 Å². The van der Waals surface area contributed by atoms with Crippen LogP contribution in [0.1, 0.15) is 60.3 Å². The van der Waals surface area contributed by atoms with E-state index in [0.29, 0.717) is 0 Å². The second-order valence-electron chi connectivity index (χ2n) is 3.70. The largest absolute Gasteiger partial charge is 0.0713 e. The van der Waals surface area contributed by atoms with Gasteiger partial charge in [0.1, 0.15) is 0 Å². The first kappa shape index (κ1) is 11.7. The summed E-state index contributed by atoms with van der Waals surface area (Å²) in [6, 6.07) is 0. The lowest BCUT2D eigenvalue weighted by molar-refractivity contribution is 0.635. The van der Waals surface area contributed by atoms with Gasteiger partial charge in [-0.05, 0) is 32.1 Å². The average molecular weight is 168 g/mol. The van der Waals surface area contributed by atoms with Crippen LogP contribution in [0, 0.1) is 5.92 Å². The van der Waals surface area contributed by atoms with E-state index in [1.807, 2.05) is 0 Å². The van der Waals surface area contributed by atoms with Crippen LogP contribution < -0.4 is 0 Å². The molecule has 0 saturated carbocycles. The zero-order valence-electron chi connectivity index (χ0n) is 9.41. The van der Waals surface area contributed by atoms with Crippen LogP contribution >= 0.6 is 0 Å². The monoisotopic (exact) mass is 168 g/mol. The smallest absolute Gasteiger partial charge is 0.0234 e. The fourth-order valence-corrected chi connectivity index (χ4v) is 1.61. The minimum absolute atomic E-state index is 0.784. The summed E-state index contributed by atoms with van der Waals surface area (Å²) in [4.78, 5) is 0. The first-order valence-electron chi connectivity index (χ1n) is 5.35. The third-order valence-corrected chi connectivity index (χ3v) is 2.89. The number of hydrogen-bond acceptors (Lipinski definition) is 0. The van der Waals surface area contributed by atoms with E-state index < -0.39 is 0 Å². The zero-order valence-corrected chi connectivity index (χ0v) is 9.41. The summed E-state index contributed by atoms with van der Waals surface area (Å²) in [5.74, 6) is 0.784. The van der Waals surface area contributed by atoms with Crippen molar-refractivity contribution < 1.29 is 0 Å². The van der Waals surface area contributed by atoms with Crippen molar-refractivity contribution >= 4 is 0 Å². The van der Waals surface area contributed by atoms with Gasteiger partial charge in [-0.25, -0.2) is 0 Å². The summed E-state index contributed by atoms with van der Waals surface area (Å²) in [7, 11) is 0. The molecule has 0 fully saturated rings. The Hall–Kier alpha value is -0.260. The molecular formula is C12H24. The molecule has 0 saturated heterocycles. The van der Waals surface area contributed by atoms with Crippen molar-refractivity contribution in [3.8, 4) is 0 Å². The molecule has 0 radical (unpaired) electrons. The van der Waals surface area contributed by atoms with Crippen LogP contribution in [0.2, 0.25) is 0 Å². The van der Waals surface area contributed by atoms with E-state index in [1.165, 1.54) is 25.7 Å². The van der Waals surface area contributed by atoms with E-state index in [0.717, 1.165) is 5.92 Å². The Morgan fingerprint density at radius 1 is 1.17 bits per heavy atom. The lowest BCUT2D eigenvalue weighted by Crippen LogP contribution is -1.98. The van der Waals surface area contributed by atoms with Crippen molar-refractivity contribution in [1.29, 1.82) is 0 Å². The van der Waals surface area contributed by atoms with Crippen molar-refractivity contribution in [3.05, 3.63) is 11.1 Å². The van der Waals surface area contributed by atoms with Crippen molar-refractivity contribution in [1.82, 2.24) is 0 Å². The highest BCUT2D eigenvalue weighted by molar-refractivity contribution is 5.13. The second-order valence-corrected chi connectivity index (χ2v) is 3.70. The van der Waals surface area contributed by atoms with Crippen LogP contribution in [0.15, 0.2) is 11.1 Å². The molecule has 0 heterocycles. The Bertz CT molecular complexity index is 142. The van der Waals surface area contributed by atoms with Gasteiger partial charge in [-0.3, -0.25) is 0 Å². The van der Waals surface area contributed by atoms with Gasteiger partial charge in [-0.1, -0.05) is 45.3 Å². The SMILES string of the molecule is CCCC(CC)=C(C)C(C)CC. The first-order valence-corrected chi connectivity index (χ1v) is 5.35. The summed E-state index contributed by atoms with van der Waals surface area (Å²) >= 11 is 0. The normalized spacial score (nSPS) is 15.8.